The molecule has 0 N–H and O–H groups in total. The Morgan fingerprint density at radius 3 is 2.47 bits per heavy atom. The second-order valence-corrected chi connectivity index (χ2v) is 4.86. The summed E-state index contributed by atoms with van der Waals surface area (Å²) in [7, 11) is 1.36. The lowest BCUT2D eigenvalue weighted by molar-refractivity contribution is 0.0599. The fourth-order valence-corrected chi connectivity index (χ4v) is 2.22. The lowest BCUT2D eigenvalue weighted by Crippen LogP contribution is -2.04. The van der Waals surface area contributed by atoms with Crippen molar-refractivity contribution in [2.45, 2.75) is 6.92 Å². The Kier molecular flexibility index (Phi) is 4.22. The van der Waals surface area contributed by atoms with Crippen LogP contribution in [0.3, 0.4) is 0 Å². The highest BCUT2D eigenvalue weighted by Crippen LogP contribution is 2.32. The maximum atomic E-state index is 11.7. The summed E-state index contributed by atoms with van der Waals surface area (Å²) in [6.45, 7) is 1.85. The van der Waals surface area contributed by atoms with Crippen molar-refractivity contribution < 1.29 is 14.3 Å². The zero-order valence-electron chi connectivity index (χ0n) is 10.6. The van der Waals surface area contributed by atoms with Crippen LogP contribution in [0.1, 0.15) is 15.9 Å². The third-order valence-electron chi connectivity index (χ3n) is 2.66. The molecule has 98 valence electrons. The van der Waals surface area contributed by atoms with Gasteiger partial charge in [0.2, 0.25) is 0 Å². The molecule has 2 aromatic carbocycles. The molecule has 0 saturated carbocycles. The van der Waals surface area contributed by atoms with Crippen LogP contribution in [0.4, 0.5) is 0 Å². The van der Waals surface area contributed by atoms with Crippen LogP contribution in [0.25, 0.3) is 0 Å². The molecule has 4 heteroatoms. The van der Waals surface area contributed by atoms with Crippen LogP contribution < -0.4 is 4.74 Å². The van der Waals surface area contributed by atoms with E-state index >= 15 is 0 Å². The number of benzene rings is 2. The molecule has 0 spiro atoms. The molecule has 2 aromatic rings. The van der Waals surface area contributed by atoms with Crippen molar-refractivity contribution in [3.63, 3.8) is 0 Å². The molecule has 0 aliphatic carbocycles. The van der Waals surface area contributed by atoms with Gasteiger partial charge < -0.3 is 9.47 Å². The lowest BCUT2D eigenvalue weighted by Gasteiger charge is -2.11. The topological polar surface area (TPSA) is 35.5 Å². The number of methoxy groups -OCH3 is 1. The Hall–Kier alpha value is -1.81. The molecule has 0 unspecified atom stereocenters. The molecule has 0 aliphatic heterocycles. The average Bonchev–Trinajstić information content (AvgIpc) is 2.42. The number of halogens is 1. The van der Waals surface area contributed by atoms with Crippen molar-refractivity contribution in [3.8, 4) is 11.5 Å². The van der Waals surface area contributed by atoms with Gasteiger partial charge in [-0.15, -0.1) is 0 Å². The summed E-state index contributed by atoms with van der Waals surface area (Å²) in [5.74, 6) is 0.919. The van der Waals surface area contributed by atoms with Gasteiger partial charge in [0.05, 0.1) is 17.1 Å². The zero-order chi connectivity index (χ0) is 13.8. The summed E-state index contributed by atoms with van der Waals surface area (Å²) in [5.41, 5.74) is 1.33. The van der Waals surface area contributed by atoms with Crippen LogP contribution in [0.15, 0.2) is 46.9 Å². The maximum Gasteiger partial charge on any atom is 0.338 e. The summed E-state index contributed by atoms with van der Waals surface area (Å²) >= 11 is 3.43. The molecule has 0 atom stereocenters. The fourth-order valence-electron chi connectivity index (χ4n) is 1.68. The smallest absolute Gasteiger partial charge is 0.338 e. The van der Waals surface area contributed by atoms with Crippen LogP contribution in [0, 0.1) is 6.92 Å². The molecule has 3 nitrogen and oxygen atoms in total. The van der Waals surface area contributed by atoms with Crippen molar-refractivity contribution in [1.29, 1.82) is 0 Å². The number of ether oxygens (including phenoxy) is 2. The van der Waals surface area contributed by atoms with Crippen LogP contribution in [-0.4, -0.2) is 13.1 Å². The Bertz CT molecular complexity index is 594. The van der Waals surface area contributed by atoms with Gasteiger partial charge in [-0.25, -0.2) is 4.79 Å². The van der Waals surface area contributed by atoms with Crippen LogP contribution >= 0.6 is 15.9 Å². The van der Waals surface area contributed by atoms with E-state index in [9.17, 15) is 4.79 Å². The van der Waals surface area contributed by atoms with Gasteiger partial charge in [-0.05, 0) is 52.7 Å². The molecule has 2 rings (SSSR count). The molecule has 0 bridgehead atoms. The Morgan fingerprint density at radius 1 is 1.16 bits per heavy atom. The van der Waals surface area contributed by atoms with Crippen molar-refractivity contribution in [2.75, 3.05) is 7.11 Å². The van der Waals surface area contributed by atoms with Crippen LogP contribution in [0.2, 0.25) is 0 Å². The second-order valence-electron chi connectivity index (χ2n) is 4.00. The van der Waals surface area contributed by atoms with Gasteiger partial charge in [-0.1, -0.05) is 18.2 Å². The van der Waals surface area contributed by atoms with Crippen molar-refractivity contribution in [1.82, 2.24) is 0 Å². The summed E-state index contributed by atoms with van der Waals surface area (Å²) in [4.78, 5) is 11.7. The van der Waals surface area contributed by atoms with E-state index < -0.39 is 0 Å². The standard InChI is InChI=1S/C15H13BrO3/c1-10-8-13(16)14(9-12(10)15(17)18-2)19-11-6-4-3-5-7-11/h3-9H,1-2H3. The van der Waals surface area contributed by atoms with E-state index in [1.165, 1.54) is 7.11 Å². The van der Waals surface area contributed by atoms with E-state index in [0.29, 0.717) is 17.1 Å². The number of rotatable bonds is 3. The Balaban J connectivity index is 2.38. The predicted octanol–water partition coefficient (Wildman–Crippen LogP) is 4.34. The van der Waals surface area contributed by atoms with E-state index in [1.807, 2.05) is 43.3 Å². The van der Waals surface area contributed by atoms with Gasteiger partial charge in [-0.3, -0.25) is 0 Å². The van der Waals surface area contributed by atoms with Gasteiger partial charge >= 0.3 is 5.97 Å². The number of para-hydroxylation sites is 1. The highest BCUT2D eigenvalue weighted by atomic mass is 79.9. The first kappa shape index (κ1) is 13.6. The minimum Gasteiger partial charge on any atom is -0.465 e. The first-order chi connectivity index (χ1) is 9.11. The molecule has 0 amide bonds. The molecule has 19 heavy (non-hydrogen) atoms. The van der Waals surface area contributed by atoms with E-state index in [-0.39, 0.29) is 5.97 Å². The van der Waals surface area contributed by atoms with E-state index in [1.54, 1.807) is 6.07 Å². The van der Waals surface area contributed by atoms with Crippen molar-refractivity contribution in [2.24, 2.45) is 0 Å². The molecule has 0 radical (unpaired) electrons. The van der Waals surface area contributed by atoms with Crippen molar-refractivity contribution in [3.05, 3.63) is 58.1 Å². The number of aryl methyl sites for hydroxylation is 1. The number of hydrogen-bond donors (Lipinski definition) is 0. The highest BCUT2D eigenvalue weighted by Gasteiger charge is 2.14. The van der Waals surface area contributed by atoms with E-state index in [4.69, 9.17) is 9.47 Å². The normalized spacial score (nSPS) is 10.1. The third-order valence-corrected chi connectivity index (χ3v) is 3.27. The first-order valence-corrected chi connectivity index (χ1v) is 6.52. The number of esters is 1. The largest absolute Gasteiger partial charge is 0.465 e. The highest BCUT2D eigenvalue weighted by molar-refractivity contribution is 9.10. The van der Waals surface area contributed by atoms with Gasteiger partial charge in [0.25, 0.3) is 0 Å². The molecule has 0 fully saturated rings. The lowest BCUT2D eigenvalue weighted by atomic mass is 10.1. The number of carbonyl (C=O) groups is 1. The SMILES string of the molecule is COC(=O)c1cc(Oc2ccccc2)c(Br)cc1C. The quantitative estimate of drug-likeness (QED) is 0.789. The predicted molar refractivity (Wildman–Crippen MR) is 76.7 cm³/mol. The maximum absolute atomic E-state index is 11.7. The Morgan fingerprint density at radius 2 is 1.84 bits per heavy atom. The van der Waals surface area contributed by atoms with Crippen LogP contribution in [0.5, 0.6) is 11.5 Å². The van der Waals surface area contributed by atoms with Crippen LogP contribution in [-0.2, 0) is 4.74 Å². The van der Waals surface area contributed by atoms with E-state index in [0.717, 1.165) is 10.0 Å². The van der Waals surface area contributed by atoms with Gasteiger partial charge in [0.15, 0.2) is 0 Å². The first-order valence-electron chi connectivity index (χ1n) is 5.73. The number of hydrogen-bond acceptors (Lipinski definition) is 3. The molecule has 0 aliphatic rings. The molecular formula is C15H13BrO3. The molecule has 0 aromatic heterocycles. The second kappa shape index (κ2) is 5.89. The van der Waals surface area contributed by atoms with Crippen molar-refractivity contribution >= 4 is 21.9 Å². The van der Waals surface area contributed by atoms with E-state index in [2.05, 4.69) is 15.9 Å². The van der Waals surface area contributed by atoms with Gasteiger partial charge in [0, 0.05) is 0 Å². The van der Waals surface area contributed by atoms with Gasteiger partial charge in [-0.2, -0.15) is 0 Å². The monoisotopic (exact) mass is 320 g/mol. The summed E-state index contributed by atoms with van der Waals surface area (Å²) in [6.07, 6.45) is 0. The minimum atomic E-state index is -0.372. The molecule has 0 heterocycles. The number of carbonyl (C=O) groups excluding carboxylic acids is 1. The summed E-state index contributed by atoms with van der Waals surface area (Å²) in [6, 6.07) is 12.9. The molecular weight excluding hydrogens is 308 g/mol. The Labute approximate surface area is 120 Å². The molecule has 0 saturated heterocycles. The zero-order valence-corrected chi connectivity index (χ0v) is 12.2. The fraction of sp³-hybridized carbons (Fsp3) is 0.133. The third kappa shape index (κ3) is 3.15. The summed E-state index contributed by atoms with van der Waals surface area (Å²) in [5, 5.41) is 0. The summed E-state index contributed by atoms with van der Waals surface area (Å²) < 4.78 is 11.3. The van der Waals surface area contributed by atoms with Gasteiger partial charge in [0.1, 0.15) is 11.5 Å². The minimum absolute atomic E-state index is 0.372. The average molecular weight is 321 g/mol.